The van der Waals surface area contributed by atoms with E-state index < -0.39 is 5.97 Å². The number of rotatable bonds is 9. The molecule has 4 rings (SSSR count). The summed E-state index contributed by atoms with van der Waals surface area (Å²) in [5.41, 5.74) is 4.62. The molecule has 0 aliphatic carbocycles. The summed E-state index contributed by atoms with van der Waals surface area (Å²) in [6, 6.07) is 19.7. The summed E-state index contributed by atoms with van der Waals surface area (Å²) in [7, 11) is 1.59. The van der Waals surface area contributed by atoms with E-state index in [0.717, 1.165) is 27.6 Å². The highest BCUT2D eigenvalue weighted by molar-refractivity contribution is 5.98. The van der Waals surface area contributed by atoms with Gasteiger partial charge in [-0.25, -0.2) is 9.18 Å². The van der Waals surface area contributed by atoms with Crippen LogP contribution in [0.5, 0.6) is 5.75 Å². The average molecular weight is 445 g/mol. The molecule has 0 saturated heterocycles. The van der Waals surface area contributed by atoms with Crippen molar-refractivity contribution in [1.29, 1.82) is 0 Å². The van der Waals surface area contributed by atoms with Gasteiger partial charge < -0.3 is 19.7 Å². The molecule has 1 aromatic heterocycles. The van der Waals surface area contributed by atoms with E-state index in [1.54, 1.807) is 25.3 Å². The topological polar surface area (TPSA) is 63.5 Å². The molecule has 0 saturated carbocycles. The second-order valence-corrected chi connectivity index (χ2v) is 7.78. The number of carboxylic acids is 1. The van der Waals surface area contributed by atoms with Gasteiger partial charge in [0.05, 0.1) is 12.6 Å². The maximum Gasteiger partial charge on any atom is 0.352 e. The molecule has 0 fully saturated rings. The monoisotopic (exact) mass is 444 g/mol. The number of fused-ring (bicyclic) bond motifs is 1. The second-order valence-electron chi connectivity index (χ2n) is 7.78. The molecule has 3 aromatic carbocycles. The van der Waals surface area contributed by atoms with Crippen molar-refractivity contribution in [2.75, 3.05) is 7.11 Å². The Bertz CT molecular complexity index is 1290. The van der Waals surface area contributed by atoms with Crippen LogP contribution in [-0.2, 0) is 19.6 Å². The summed E-state index contributed by atoms with van der Waals surface area (Å²) >= 11 is 0. The molecule has 0 spiro atoms. The van der Waals surface area contributed by atoms with Gasteiger partial charge in [-0.3, -0.25) is 0 Å². The van der Waals surface area contributed by atoms with Crippen molar-refractivity contribution in [3.8, 4) is 5.75 Å². The van der Waals surface area contributed by atoms with Crippen LogP contribution in [0.15, 0.2) is 73.3 Å². The third-order valence-electron chi connectivity index (χ3n) is 5.68. The van der Waals surface area contributed by atoms with Crippen LogP contribution in [0.3, 0.4) is 0 Å². The fourth-order valence-corrected chi connectivity index (χ4v) is 3.99. The number of methoxy groups -OCH3 is 1. The fraction of sp³-hybridized carbons (Fsp3) is 0.148. The lowest BCUT2D eigenvalue weighted by Gasteiger charge is -2.11. The first-order valence-corrected chi connectivity index (χ1v) is 10.6. The van der Waals surface area contributed by atoms with Crippen molar-refractivity contribution in [2.24, 2.45) is 0 Å². The Morgan fingerprint density at radius 1 is 1.06 bits per heavy atom. The van der Waals surface area contributed by atoms with Crippen molar-refractivity contribution in [3.05, 3.63) is 107 Å². The Labute approximate surface area is 191 Å². The first-order chi connectivity index (χ1) is 16.0. The predicted molar refractivity (Wildman–Crippen MR) is 128 cm³/mol. The van der Waals surface area contributed by atoms with E-state index in [9.17, 15) is 14.3 Å². The molecule has 0 unspecified atom stereocenters. The zero-order valence-corrected chi connectivity index (χ0v) is 18.3. The van der Waals surface area contributed by atoms with Crippen LogP contribution in [0.1, 0.15) is 32.7 Å². The van der Waals surface area contributed by atoms with Crippen LogP contribution in [-0.4, -0.2) is 22.8 Å². The van der Waals surface area contributed by atoms with Crippen LogP contribution in [0.25, 0.3) is 17.0 Å². The lowest BCUT2D eigenvalue weighted by Crippen LogP contribution is -2.17. The standard InChI is InChI=1S/C27H25FN2O3/c1-3-18-4-6-20(7-5-18)17-30-25-14-22(33-2)12-13-23(25)24(26(30)27(31)32)16-29-15-19-8-10-21(28)11-9-19/h3-14,29H,1,15-17H2,2H3,(H,31,32). The number of nitrogens with zero attached hydrogens (tertiary/aromatic N) is 1. The summed E-state index contributed by atoms with van der Waals surface area (Å²) in [6.07, 6.45) is 1.77. The molecule has 0 bridgehead atoms. The van der Waals surface area contributed by atoms with Crippen LogP contribution >= 0.6 is 0 Å². The number of hydrogen-bond acceptors (Lipinski definition) is 3. The molecule has 2 N–H and O–H groups in total. The number of benzene rings is 3. The molecular formula is C27H25FN2O3. The maximum absolute atomic E-state index is 13.2. The minimum absolute atomic E-state index is 0.234. The number of aromatic nitrogens is 1. The number of ether oxygens (including phenoxy) is 1. The van der Waals surface area contributed by atoms with Crippen molar-refractivity contribution >= 4 is 22.9 Å². The summed E-state index contributed by atoms with van der Waals surface area (Å²) in [5.74, 6) is -0.623. The van der Waals surface area contributed by atoms with Crippen LogP contribution in [0.2, 0.25) is 0 Å². The first-order valence-electron chi connectivity index (χ1n) is 10.6. The lowest BCUT2D eigenvalue weighted by molar-refractivity contribution is 0.0684. The SMILES string of the molecule is C=Cc1ccc(Cn2c(C(=O)O)c(CNCc3ccc(F)cc3)c3ccc(OC)cc32)cc1. The van der Waals surface area contributed by atoms with Gasteiger partial charge in [0, 0.05) is 36.7 Å². The molecule has 0 amide bonds. The van der Waals surface area contributed by atoms with Crippen molar-refractivity contribution in [2.45, 2.75) is 19.6 Å². The zero-order chi connectivity index (χ0) is 23.4. The predicted octanol–water partition coefficient (Wildman–Crippen LogP) is 5.47. The van der Waals surface area contributed by atoms with E-state index in [1.807, 2.05) is 47.0 Å². The minimum atomic E-state index is -0.994. The van der Waals surface area contributed by atoms with Crippen molar-refractivity contribution in [1.82, 2.24) is 9.88 Å². The van der Waals surface area contributed by atoms with E-state index >= 15 is 0 Å². The Kier molecular flexibility index (Phi) is 6.56. The van der Waals surface area contributed by atoms with Gasteiger partial charge in [0.2, 0.25) is 0 Å². The van der Waals surface area contributed by atoms with Gasteiger partial charge in [0.25, 0.3) is 0 Å². The smallest absolute Gasteiger partial charge is 0.352 e. The summed E-state index contributed by atoms with van der Waals surface area (Å²) < 4.78 is 20.4. The van der Waals surface area contributed by atoms with Gasteiger partial charge in [0.1, 0.15) is 17.3 Å². The highest BCUT2D eigenvalue weighted by atomic mass is 19.1. The first kappa shape index (κ1) is 22.3. The normalized spacial score (nSPS) is 11.0. The number of hydrogen-bond donors (Lipinski definition) is 2. The zero-order valence-electron chi connectivity index (χ0n) is 18.3. The van der Waals surface area contributed by atoms with Gasteiger partial charge in [0.15, 0.2) is 0 Å². The van der Waals surface area contributed by atoms with E-state index in [0.29, 0.717) is 30.9 Å². The highest BCUT2D eigenvalue weighted by Crippen LogP contribution is 2.31. The molecule has 1 heterocycles. The van der Waals surface area contributed by atoms with E-state index in [1.165, 1.54) is 12.1 Å². The average Bonchev–Trinajstić information content (AvgIpc) is 3.13. The molecule has 0 aliphatic rings. The summed E-state index contributed by atoms with van der Waals surface area (Å²) in [4.78, 5) is 12.4. The van der Waals surface area contributed by atoms with Crippen LogP contribution in [0, 0.1) is 5.82 Å². The van der Waals surface area contributed by atoms with Gasteiger partial charge >= 0.3 is 5.97 Å². The second kappa shape index (κ2) is 9.71. The van der Waals surface area contributed by atoms with Crippen LogP contribution < -0.4 is 10.1 Å². The molecule has 0 atom stereocenters. The summed E-state index contributed by atoms with van der Waals surface area (Å²) in [6.45, 7) is 5.02. The number of aromatic carboxylic acids is 1. The van der Waals surface area contributed by atoms with Crippen molar-refractivity contribution in [3.63, 3.8) is 0 Å². The maximum atomic E-state index is 13.2. The van der Waals surface area contributed by atoms with Crippen LogP contribution in [0.4, 0.5) is 4.39 Å². The van der Waals surface area contributed by atoms with Gasteiger partial charge in [-0.05, 0) is 41.0 Å². The van der Waals surface area contributed by atoms with Gasteiger partial charge in [-0.15, -0.1) is 0 Å². The van der Waals surface area contributed by atoms with Gasteiger partial charge in [-0.2, -0.15) is 0 Å². The number of carboxylic acid groups (broad SMARTS) is 1. The highest BCUT2D eigenvalue weighted by Gasteiger charge is 2.23. The molecule has 33 heavy (non-hydrogen) atoms. The minimum Gasteiger partial charge on any atom is -0.497 e. The fourth-order valence-electron chi connectivity index (χ4n) is 3.99. The molecule has 6 heteroatoms. The number of nitrogens with one attached hydrogen (secondary N) is 1. The Morgan fingerprint density at radius 3 is 2.39 bits per heavy atom. The summed E-state index contributed by atoms with van der Waals surface area (Å²) in [5, 5.41) is 14.3. The Hall–Kier alpha value is -3.90. The van der Waals surface area contributed by atoms with E-state index in [-0.39, 0.29) is 11.5 Å². The van der Waals surface area contributed by atoms with Gasteiger partial charge in [-0.1, -0.05) is 49.1 Å². The Balaban J connectivity index is 1.72. The quantitative estimate of drug-likeness (QED) is 0.359. The third kappa shape index (κ3) is 4.81. The third-order valence-corrected chi connectivity index (χ3v) is 5.68. The molecular weight excluding hydrogens is 419 g/mol. The lowest BCUT2D eigenvalue weighted by atomic mass is 10.1. The molecule has 0 aliphatic heterocycles. The number of carbonyl (C=O) groups is 1. The van der Waals surface area contributed by atoms with E-state index in [4.69, 9.17) is 4.74 Å². The molecule has 5 nitrogen and oxygen atoms in total. The molecule has 4 aromatic rings. The number of halogens is 1. The molecule has 0 radical (unpaired) electrons. The largest absolute Gasteiger partial charge is 0.497 e. The Morgan fingerprint density at radius 2 is 1.76 bits per heavy atom. The molecule has 168 valence electrons. The van der Waals surface area contributed by atoms with Crippen molar-refractivity contribution < 1.29 is 19.0 Å². The van der Waals surface area contributed by atoms with E-state index in [2.05, 4.69) is 11.9 Å².